The quantitative estimate of drug-likeness (QED) is 0.831. The van der Waals surface area contributed by atoms with Gasteiger partial charge in [0.2, 0.25) is 0 Å². The molecule has 3 fully saturated rings. The fourth-order valence-electron chi connectivity index (χ4n) is 4.08. The fraction of sp³-hybridized carbons (Fsp3) is 1.00. The first-order chi connectivity index (χ1) is 8.61. The number of morpholine rings is 1. The number of nitrogens with one attached hydrogen (secondary N) is 1. The van der Waals surface area contributed by atoms with E-state index in [1.807, 2.05) is 0 Å². The molecule has 104 valence electrons. The van der Waals surface area contributed by atoms with Crippen molar-refractivity contribution in [1.82, 2.24) is 10.2 Å². The molecule has 1 N–H and O–H groups in total. The number of piperidine rings is 1. The summed E-state index contributed by atoms with van der Waals surface area (Å²) >= 11 is 0. The summed E-state index contributed by atoms with van der Waals surface area (Å²) in [5.74, 6) is 0.967. The number of rotatable bonds is 3. The number of nitrogens with zero attached hydrogens (tertiary/aromatic N) is 1. The minimum Gasteiger partial charge on any atom is -0.373 e. The minimum atomic E-state index is 0.0609. The van der Waals surface area contributed by atoms with Crippen LogP contribution in [-0.4, -0.2) is 48.8 Å². The zero-order valence-electron chi connectivity index (χ0n) is 12.0. The van der Waals surface area contributed by atoms with Crippen molar-refractivity contribution in [2.75, 3.05) is 26.2 Å². The predicted octanol–water partition coefficient (Wildman–Crippen LogP) is 2.02. The Morgan fingerprint density at radius 3 is 2.61 bits per heavy atom. The van der Waals surface area contributed by atoms with Crippen LogP contribution < -0.4 is 5.32 Å². The molecule has 3 heterocycles. The van der Waals surface area contributed by atoms with Gasteiger partial charge < -0.3 is 10.1 Å². The maximum absolute atomic E-state index is 5.78. The highest BCUT2D eigenvalue weighted by atomic mass is 16.5. The normalized spacial score (nSPS) is 40.0. The molecule has 2 atom stereocenters. The largest absolute Gasteiger partial charge is 0.373 e. The van der Waals surface area contributed by atoms with Crippen molar-refractivity contribution < 1.29 is 4.74 Å². The minimum absolute atomic E-state index is 0.0609. The lowest BCUT2D eigenvalue weighted by Crippen LogP contribution is -2.49. The van der Waals surface area contributed by atoms with Crippen LogP contribution in [-0.2, 0) is 4.74 Å². The van der Waals surface area contributed by atoms with E-state index in [1.165, 1.54) is 38.6 Å². The van der Waals surface area contributed by atoms with Crippen molar-refractivity contribution >= 4 is 0 Å². The van der Waals surface area contributed by atoms with Crippen molar-refractivity contribution in [2.24, 2.45) is 5.92 Å². The van der Waals surface area contributed by atoms with Crippen LogP contribution in [0.4, 0.5) is 0 Å². The van der Waals surface area contributed by atoms with Crippen molar-refractivity contribution in [3.63, 3.8) is 0 Å². The standard InChI is InChI=1S/C15H28N2O/c1-15(2)11-17(7-8-18-15)6-5-12-9-13-3-4-14(10-12)16-13/h12-14,16H,3-11H2,1-2H3. The first-order valence-corrected chi connectivity index (χ1v) is 7.73. The Morgan fingerprint density at radius 1 is 1.22 bits per heavy atom. The molecule has 0 radical (unpaired) electrons. The third kappa shape index (κ3) is 3.06. The molecule has 3 aliphatic heterocycles. The van der Waals surface area contributed by atoms with Crippen molar-refractivity contribution in [2.45, 2.75) is 63.6 Å². The van der Waals surface area contributed by atoms with Crippen LogP contribution in [0.5, 0.6) is 0 Å². The average Bonchev–Trinajstić information content (AvgIpc) is 2.65. The molecule has 0 aromatic carbocycles. The van der Waals surface area contributed by atoms with Gasteiger partial charge in [0.15, 0.2) is 0 Å². The molecule has 0 aromatic heterocycles. The van der Waals surface area contributed by atoms with Gasteiger partial charge in [-0.15, -0.1) is 0 Å². The van der Waals surface area contributed by atoms with E-state index in [1.54, 1.807) is 0 Å². The van der Waals surface area contributed by atoms with Gasteiger partial charge in [-0.2, -0.15) is 0 Å². The summed E-state index contributed by atoms with van der Waals surface area (Å²) in [4.78, 5) is 2.60. The van der Waals surface area contributed by atoms with Crippen molar-refractivity contribution in [3.05, 3.63) is 0 Å². The van der Waals surface area contributed by atoms with Gasteiger partial charge in [0.25, 0.3) is 0 Å². The van der Waals surface area contributed by atoms with Gasteiger partial charge in [-0.1, -0.05) is 0 Å². The van der Waals surface area contributed by atoms with Gasteiger partial charge in [0, 0.05) is 25.2 Å². The summed E-state index contributed by atoms with van der Waals surface area (Å²) < 4.78 is 5.78. The predicted molar refractivity (Wildman–Crippen MR) is 73.8 cm³/mol. The van der Waals surface area contributed by atoms with Gasteiger partial charge in [-0.3, -0.25) is 4.90 Å². The van der Waals surface area contributed by atoms with Crippen LogP contribution in [0.25, 0.3) is 0 Å². The average molecular weight is 252 g/mol. The number of ether oxygens (including phenoxy) is 1. The highest BCUT2D eigenvalue weighted by Crippen LogP contribution is 2.33. The van der Waals surface area contributed by atoms with Crippen molar-refractivity contribution in [3.8, 4) is 0 Å². The van der Waals surface area contributed by atoms with Gasteiger partial charge in [0.05, 0.1) is 12.2 Å². The van der Waals surface area contributed by atoms with E-state index < -0.39 is 0 Å². The molecule has 3 saturated heterocycles. The smallest absolute Gasteiger partial charge is 0.0753 e. The summed E-state index contributed by atoms with van der Waals surface area (Å²) in [6.45, 7) is 8.83. The Hall–Kier alpha value is -0.120. The molecule has 0 aliphatic carbocycles. The molecular weight excluding hydrogens is 224 g/mol. The van der Waals surface area contributed by atoms with E-state index in [0.717, 1.165) is 37.7 Å². The maximum atomic E-state index is 5.78. The van der Waals surface area contributed by atoms with Crippen molar-refractivity contribution in [1.29, 1.82) is 0 Å². The second-order valence-electron chi connectivity index (χ2n) is 7.15. The van der Waals surface area contributed by atoms with E-state index in [0.29, 0.717) is 0 Å². The molecule has 0 spiro atoms. The first kappa shape index (κ1) is 12.9. The van der Waals surface area contributed by atoms with E-state index >= 15 is 0 Å². The third-order valence-electron chi connectivity index (χ3n) is 4.93. The zero-order valence-corrected chi connectivity index (χ0v) is 12.0. The van der Waals surface area contributed by atoms with Gasteiger partial charge >= 0.3 is 0 Å². The molecule has 3 nitrogen and oxygen atoms in total. The molecule has 2 unspecified atom stereocenters. The van der Waals surface area contributed by atoms with Gasteiger partial charge in [0.1, 0.15) is 0 Å². The van der Waals surface area contributed by atoms with Crippen LogP contribution in [0.2, 0.25) is 0 Å². The van der Waals surface area contributed by atoms with E-state index in [4.69, 9.17) is 4.74 Å². The maximum Gasteiger partial charge on any atom is 0.0753 e. The summed E-state index contributed by atoms with van der Waals surface area (Å²) in [7, 11) is 0. The molecule has 0 saturated carbocycles. The lowest BCUT2D eigenvalue weighted by atomic mass is 9.89. The summed E-state index contributed by atoms with van der Waals surface area (Å²) in [5.41, 5.74) is 0.0609. The Bertz CT molecular complexity index is 278. The Balaban J connectivity index is 1.44. The second-order valence-corrected chi connectivity index (χ2v) is 7.15. The Kier molecular flexibility index (Phi) is 3.65. The summed E-state index contributed by atoms with van der Waals surface area (Å²) in [5, 5.41) is 3.74. The first-order valence-electron chi connectivity index (χ1n) is 7.73. The highest BCUT2D eigenvalue weighted by Gasteiger charge is 2.34. The summed E-state index contributed by atoms with van der Waals surface area (Å²) in [6.07, 6.45) is 7.08. The third-order valence-corrected chi connectivity index (χ3v) is 4.93. The van der Waals surface area contributed by atoms with Crippen LogP contribution in [0, 0.1) is 5.92 Å². The van der Waals surface area contributed by atoms with Crippen LogP contribution in [0.1, 0.15) is 46.0 Å². The van der Waals surface area contributed by atoms with Gasteiger partial charge in [-0.25, -0.2) is 0 Å². The Morgan fingerprint density at radius 2 is 1.94 bits per heavy atom. The van der Waals surface area contributed by atoms with Crippen LogP contribution in [0.3, 0.4) is 0 Å². The zero-order chi connectivity index (χ0) is 12.6. The van der Waals surface area contributed by atoms with Crippen LogP contribution in [0.15, 0.2) is 0 Å². The van der Waals surface area contributed by atoms with Gasteiger partial charge in [-0.05, 0) is 58.4 Å². The number of fused-ring (bicyclic) bond motifs is 2. The molecule has 3 rings (SSSR count). The fourth-order valence-corrected chi connectivity index (χ4v) is 4.08. The SMILES string of the molecule is CC1(C)CN(CCC2CC3CCC(C2)N3)CCO1. The molecule has 0 amide bonds. The van der Waals surface area contributed by atoms with E-state index in [2.05, 4.69) is 24.1 Å². The summed E-state index contributed by atoms with van der Waals surface area (Å²) in [6, 6.07) is 1.68. The van der Waals surface area contributed by atoms with E-state index in [9.17, 15) is 0 Å². The molecule has 0 aromatic rings. The highest BCUT2D eigenvalue weighted by molar-refractivity contribution is 4.92. The number of hydrogen-bond acceptors (Lipinski definition) is 3. The lowest BCUT2D eigenvalue weighted by molar-refractivity contribution is -0.0870. The second kappa shape index (κ2) is 5.10. The molecule has 3 heteroatoms. The Labute approximate surface area is 111 Å². The molecular formula is C15H28N2O. The van der Waals surface area contributed by atoms with E-state index in [-0.39, 0.29) is 5.60 Å². The lowest BCUT2D eigenvalue weighted by Gasteiger charge is -2.39. The number of hydrogen-bond donors (Lipinski definition) is 1. The molecule has 18 heavy (non-hydrogen) atoms. The topological polar surface area (TPSA) is 24.5 Å². The molecule has 2 bridgehead atoms. The molecule has 3 aliphatic rings. The monoisotopic (exact) mass is 252 g/mol. The van der Waals surface area contributed by atoms with Crippen LogP contribution >= 0.6 is 0 Å².